The van der Waals surface area contributed by atoms with Gasteiger partial charge in [0.1, 0.15) is 12.2 Å². The van der Waals surface area contributed by atoms with E-state index in [1.165, 1.54) is 11.1 Å². The third-order valence-electron chi connectivity index (χ3n) is 8.52. The number of piperidine rings is 1. The van der Waals surface area contributed by atoms with Crippen LogP contribution in [-0.4, -0.2) is 35.8 Å². The van der Waals surface area contributed by atoms with Gasteiger partial charge in [0.25, 0.3) is 0 Å². The molecule has 0 bridgehead atoms. The quantitative estimate of drug-likeness (QED) is 0.148. The summed E-state index contributed by atoms with van der Waals surface area (Å²) >= 11 is 0. The molecule has 1 aliphatic rings. The van der Waals surface area contributed by atoms with E-state index < -0.39 is 0 Å². The Hall–Kier alpha value is -4.06. The number of benzene rings is 5. The minimum Gasteiger partial charge on any atom is -0.369 e. The second-order valence-corrected chi connectivity index (χ2v) is 11.5. The third kappa shape index (κ3) is 7.53. The third-order valence-corrected chi connectivity index (χ3v) is 8.52. The molecule has 0 radical (unpaired) electrons. The van der Waals surface area contributed by atoms with E-state index in [9.17, 15) is 0 Å². The summed E-state index contributed by atoms with van der Waals surface area (Å²) < 4.78 is 20.5. The molecule has 1 aliphatic heterocycles. The van der Waals surface area contributed by atoms with Crippen molar-refractivity contribution in [1.82, 2.24) is 4.90 Å². The smallest absolute Gasteiger partial charge is 0.113 e. The van der Waals surface area contributed by atoms with Crippen molar-refractivity contribution in [3.63, 3.8) is 0 Å². The second-order valence-electron chi connectivity index (χ2n) is 11.5. The number of nitrogens with zero attached hydrogens (tertiary/aromatic N) is 1. The standard InChI is InChI=1S/C40H41NO3/c1-31-39(43-29-33-19-9-3-10-20-33)40(44-30-34-21-11-4-12-22-34)37(42-28-32-17-7-2-8-18-32)27-41(31)38(35-23-13-5-14-24-35)36-25-15-6-16-26-36/h2-26,31,37-40H,27-30H2,1H3/t31-,37-,39+,40+/m0/s1. The molecule has 0 spiro atoms. The summed E-state index contributed by atoms with van der Waals surface area (Å²) in [6.07, 6.45) is -0.713. The van der Waals surface area contributed by atoms with Crippen molar-refractivity contribution < 1.29 is 14.2 Å². The molecule has 5 aromatic rings. The van der Waals surface area contributed by atoms with Gasteiger partial charge in [0.15, 0.2) is 0 Å². The van der Waals surface area contributed by atoms with E-state index >= 15 is 0 Å². The van der Waals surface area contributed by atoms with E-state index in [0.717, 1.165) is 16.7 Å². The molecule has 44 heavy (non-hydrogen) atoms. The molecule has 5 aromatic carbocycles. The molecule has 0 saturated carbocycles. The summed E-state index contributed by atoms with van der Waals surface area (Å²) in [6.45, 7) is 4.48. The Labute approximate surface area is 261 Å². The molecule has 1 fully saturated rings. The van der Waals surface area contributed by atoms with Gasteiger partial charge in [-0.1, -0.05) is 152 Å². The Morgan fingerprint density at radius 3 is 1.30 bits per heavy atom. The van der Waals surface area contributed by atoms with Crippen LogP contribution in [0, 0.1) is 0 Å². The molecule has 0 aliphatic carbocycles. The minimum absolute atomic E-state index is 0.0353. The lowest BCUT2D eigenvalue weighted by Crippen LogP contribution is -2.63. The summed E-state index contributed by atoms with van der Waals surface area (Å²) in [5.41, 5.74) is 5.92. The maximum Gasteiger partial charge on any atom is 0.113 e. The summed E-state index contributed by atoms with van der Waals surface area (Å²) in [5, 5.41) is 0. The van der Waals surface area contributed by atoms with Crippen molar-refractivity contribution in [1.29, 1.82) is 0 Å². The average molecular weight is 584 g/mol. The lowest BCUT2D eigenvalue weighted by molar-refractivity contribution is -0.204. The molecule has 0 amide bonds. The van der Waals surface area contributed by atoms with Crippen molar-refractivity contribution in [2.24, 2.45) is 0 Å². The minimum atomic E-state index is -0.263. The number of rotatable bonds is 12. The first kappa shape index (κ1) is 30.0. The molecule has 6 rings (SSSR count). The van der Waals surface area contributed by atoms with E-state index in [1.807, 2.05) is 18.2 Å². The molecule has 4 heteroatoms. The molecular formula is C40H41NO3. The molecule has 0 unspecified atom stereocenters. The van der Waals surface area contributed by atoms with Gasteiger partial charge in [-0.05, 0) is 34.7 Å². The monoisotopic (exact) mass is 583 g/mol. The van der Waals surface area contributed by atoms with Gasteiger partial charge in [-0.2, -0.15) is 0 Å². The molecule has 224 valence electrons. The molecule has 0 aromatic heterocycles. The maximum atomic E-state index is 6.87. The molecule has 4 atom stereocenters. The predicted octanol–water partition coefficient (Wildman–Crippen LogP) is 8.24. The Kier molecular flexibility index (Phi) is 10.3. The van der Waals surface area contributed by atoms with Gasteiger partial charge in [-0.25, -0.2) is 0 Å². The highest BCUT2D eigenvalue weighted by molar-refractivity contribution is 5.32. The normalized spacial score (nSPS) is 20.5. The van der Waals surface area contributed by atoms with Crippen LogP contribution < -0.4 is 0 Å². The Morgan fingerprint density at radius 2 is 0.864 bits per heavy atom. The highest BCUT2D eigenvalue weighted by Crippen LogP contribution is 2.37. The zero-order valence-corrected chi connectivity index (χ0v) is 25.3. The first-order chi connectivity index (χ1) is 21.8. The van der Waals surface area contributed by atoms with Gasteiger partial charge >= 0.3 is 0 Å². The van der Waals surface area contributed by atoms with E-state index in [2.05, 4.69) is 145 Å². The van der Waals surface area contributed by atoms with Crippen LogP contribution in [-0.2, 0) is 34.0 Å². The fraction of sp³-hybridized carbons (Fsp3) is 0.250. The average Bonchev–Trinajstić information content (AvgIpc) is 3.09. The van der Waals surface area contributed by atoms with Gasteiger partial charge in [0.2, 0.25) is 0 Å². The summed E-state index contributed by atoms with van der Waals surface area (Å²) in [4.78, 5) is 2.55. The van der Waals surface area contributed by atoms with Crippen molar-refractivity contribution in [2.75, 3.05) is 6.54 Å². The van der Waals surface area contributed by atoms with Gasteiger partial charge in [0.05, 0.1) is 32.0 Å². The number of hydrogen-bond donors (Lipinski definition) is 0. The number of hydrogen-bond acceptors (Lipinski definition) is 4. The Bertz CT molecular complexity index is 1480. The van der Waals surface area contributed by atoms with Crippen LogP contribution >= 0.6 is 0 Å². The van der Waals surface area contributed by atoms with Gasteiger partial charge in [0, 0.05) is 12.6 Å². The summed E-state index contributed by atoms with van der Waals surface area (Å²) in [6, 6.07) is 52.8. The van der Waals surface area contributed by atoms with Crippen LogP contribution in [0.15, 0.2) is 152 Å². The van der Waals surface area contributed by atoms with E-state index in [0.29, 0.717) is 26.4 Å². The molecular weight excluding hydrogens is 542 g/mol. The molecule has 1 saturated heterocycles. The van der Waals surface area contributed by atoms with Crippen LogP contribution in [0.4, 0.5) is 0 Å². The van der Waals surface area contributed by atoms with Crippen molar-refractivity contribution >= 4 is 0 Å². The van der Waals surface area contributed by atoms with E-state index in [-0.39, 0.29) is 30.4 Å². The highest BCUT2D eigenvalue weighted by Gasteiger charge is 2.46. The lowest BCUT2D eigenvalue weighted by atomic mass is 9.88. The largest absolute Gasteiger partial charge is 0.369 e. The van der Waals surface area contributed by atoms with Gasteiger partial charge in [-0.3, -0.25) is 4.90 Å². The van der Waals surface area contributed by atoms with Gasteiger partial charge < -0.3 is 14.2 Å². The van der Waals surface area contributed by atoms with Crippen molar-refractivity contribution in [3.05, 3.63) is 179 Å². The van der Waals surface area contributed by atoms with E-state index in [4.69, 9.17) is 14.2 Å². The SMILES string of the molecule is C[C@H]1[C@@H](OCc2ccccc2)[C@H](OCc2ccccc2)[C@@H](OCc2ccccc2)CN1C(c1ccccc1)c1ccccc1. The van der Waals surface area contributed by atoms with E-state index in [1.54, 1.807) is 0 Å². The second kappa shape index (κ2) is 15.1. The van der Waals surface area contributed by atoms with Crippen molar-refractivity contribution in [3.8, 4) is 0 Å². The first-order valence-electron chi connectivity index (χ1n) is 15.6. The summed E-state index contributed by atoms with van der Waals surface area (Å²) in [7, 11) is 0. The fourth-order valence-electron chi connectivity index (χ4n) is 6.23. The number of ether oxygens (including phenoxy) is 3. The van der Waals surface area contributed by atoms with Crippen LogP contribution in [0.3, 0.4) is 0 Å². The number of likely N-dealkylation sites (tertiary alicyclic amines) is 1. The molecule has 4 nitrogen and oxygen atoms in total. The molecule has 1 heterocycles. The topological polar surface area (TPSA) is 30.9 Å². The van der Waals surface area contributed by atoms with Crippen LogP contribution in [0.1, 0.15) is 40.8 Å². The van der Waals surface area contributed by atoms with Crippen LogP contribution in [0.5, 0.6) is 0 Å². The highest BCUT2D eigenvalue weighted by atomic mass is 16.6. The lowest BCUT2D eigenvalue weighted by Gasteiger charge is -2.50. The maximum absolute atomic E-state index is 6.87. The summed E-state index contributed by atoms with van der Waals surface area (Å²) in [5.74, 6) is 0. The Balaban J connectivity index is 1.36. The predicted molar refractivity (Wildman–Crippen MR) is 176 cm³/mol. The Morgan fingerprint density at radius 1 is 0.500 bits per heavy atom. The van der Waals surface area contributed by atoms with Gasteiger partial charge in [-0.15, -0.1) is 0 Å². The molecule has 0 N–H and O–H groups in total. The van der Waals surface area contributed by atoms with Crippen LogP contribution in [0.2, 0.25) is 0 Å². The van der Waals surface area contributed by atoms with Crippen molar-refractivity contribution in [2.45, 2.75) is 57.1 Å². The zero-order valence-electron chi connectivity index (χ0n) is 25.3. The first-order valence-corrected chi connectivity index (χ1v) is 15.6. The van der Waals surface area contributed by atoms with Crippen LogP contribution in [0.25, 0.3) is 0 Å². The zero-order chi connectivity index (χ0) is 30.0. The fourth-order valence-corrected chi connectivity index (χ4v) is 6.23.